The molecule has 0 radical (unpaired) electrons. The van der Waals surface area contributed by atoms with Crippen LogP contribution < -0.4 is 5.32 Å². The van der Waals surface area contributed by atoms with Crippen molar-refractivity contribution in [3.63, 3.8) is 0 Å². The first-order valence-electron chi connectivity index (χ1n) is 10.5. The zero-order valence-electron chi connectivity index (χ0n) is 17.2. The van der Waals surface area contributed by atoms with E-state index in [1.165, 1.54) is 24.3 Å². The van der Waals surface area contributed by atoms with Crippen LogP contribution in [-0.2, 0) is 19.7 Å². The van der Waals surface area contributed by atoms with Crippen LogP contribution in [0.1, 0.15) is 24.4 Å². The molecular formula is C22H27ClN2O4S2. The normalized spacial score (nSPS) is 24.9. The first-order valence-corrected chi connectivity index (χ1v) is 14.2. The summed E-state index contributed by atoms with van der Waals surface area (Å²) in [5.74, 6) is -0.540. The molecular weight excluding hydrogens is 456 g/mol. The quantitative estimate of drug-likeness (QED) is 0.653. The summed E-state index contributed by atoms with van der Waals surface area (Å²) in [5.41, 5.74) is 1.15. The molecule has 2 aliphatic rings. The Morgan fingerprint density at radius 2 is 1.65 bits per heavy atom. The van der Waals surface area contributed by atoms with Gasteiger partial charge < -0.3 is 5.32 Å². The fraction of sp³-hybridized carbons (Fsp3) is 0.455. The van der Waals surface area contributed by atoms with Crippen LogP contribution in [-0.4, -0.2) is 64.2 Å². The van der Waals surface area contributed by atoms with E-state index in [-0.39, 0.29) is 22.4 Å². The molecule has 2 aliphatic heterocycles. The van der Waals surface area contributed by atoms with E-state index < -0.39 is 31.0 Å². The number of nitrogens with one attached hydrogen (secondary N) is 1. The molecule has 1 N–H and O–H groups in total. The molecule has 0 aliphatic carbocycles. The predicted molar refractivity (Wildman–Crippen MR) is 123 cm³/mol. The lowest BCUT2D eigenvalue weighted by atomic mass is 10.0. The van der Waals surface area contributed by atoms with Crippen molar-refractivity contribution >= 4 is 31.3 Å². The van der Waals surface area contributed by atoms with Crippen molar-refractivity contribution in [1.82, 2.24) is 10.2 Å². The molecule has 9 heteroatoms. The fourth-order valence-corrected chi connectivity index (χ4v) is 9.40. The molecule has 2 aromatic rings. The summed E-state index contributed by atoms with van der Waals surface area (Å²) in [6.07, 6.45) is 2.27. The largest absolute Gasteiger partial charge is 0.310 e. The molecule has 3 atom stereocenters. The highest BCUT2D eigenvalue weighted by molar-refractivity contribution is 7.96. The molecule has 6 nitrogen and oxygen atoms in total. The third kappa shape index (κ3) is 5.14. The smallest absolute Gasteiger partial charge is 0.183 e. The molecule has 2 aromatic carbocycles. The van der Waals surface area contributed by atoms with Crippen molar-refractivity contribution < 1.29 is 16.8 Å². The van der Waals surface area contributed by atoms with E-state index in [2.05, 4.69) is 22.3 Å². The Labute approximate surface area is 189 Å². The van der Waals surface area contributed by atoms with Gasteiger partial charge >= 0.3 is 0 Å². The lowest BCUT2D eigenvalue weighted by molar-refractivity contribution is 0.234. The molecule has 2 heterocycles. The Morgan fingerprint density at radius 1 is 1.00 bits per heavy atom. The van der Waals surface area contributed by atoms with Gasteiger partial charge in [0.1, 0.15) is 0 Å². The van der Waals surface area contributed by atoms with Crippen molar-refractivity contribution in [2.75, 3.05) is 31.1 Å². The van der Waals surface area contributed by atoms with Crippen LogP contribution in [0, 0.1) is 0 Å². The minimum Gasteiger partial charge on any atom is -0.310 e. The van der Waals surface area contributed by atoms with Gasteiger partial charge in [0.2, 0.25) is 0 Å². The molecule has 0 spiro atoms. The third-order valence-electron chi connectivity index (χ3n) is 6.18. The van der Waals surface area contributed by atoms with Gasteiger partial charge in [-0.2, -0.15) is 0 Å². The van der Waals surface area contributed by atoms with Gasteiger partial charge in [0.05, 0.1) is 21.7 Å². The van der Waals surface area contributed by atoms with Crippen LogP contribution >= 0.6 is 11.6 Å². The van der Waals surface area contributed by atoms with Crippen molar-refractivity contribution in [1.29, 1.82) is 0 Å². The second kappa shape index (κ2) is 9.19. The molecule has 168 valence electrons. The summed E-state index contributed by atoms with van der Waals surface area (Å²) in [7, 11) is -7.28. The molecule has 0 amide bonds. The number of likely N-dealkylation sites (tertiary alicyclic amines) is 1. The van der Waals surface area contributed by atoms with Gasteiger partial charge in [-0.25, -0.2) is 16.8 Å². The molecule has 0 saturated carbocycles. The average Bonchev–Trinajstić information content (AvgIpc) is 3.37. The van der Waals surface area contributed by atoms with Crippen molar-refractivity contribution in [2.24, 2.45) is 0 Å². The number of rotatable bonds is 7. The van der Waals surface area contributed by atoms with Gasteiger partial charge in [0.15, 0.2) is 19.7 Å². The van der Waals surface area contributed by atoms with E-state index in [0.717, 1.165) is 31.5 Å². The second-order valence-corrected chi connectivity index (χ2v) is 13.1. The minimum atomic E-state index is -3.82. The Hall–Kier alpha value is -1.45. The average molecular weight is 483 g/mol. The van der Waals surface area contributed by atoms with Crippen LogP contribution in [0.2, 0.25) is 5.02 Å². The topological polar surface area (TPSA) is 83.6 Å². The number of hydrogen-bond donors (Lipinski definition) is 1. The SMILES string of the molecule is O=S1(=O)C[C@H](NCC(c2ccccc2)N2CCCC2)[C@@H](S(=O)(=O)c2ccc(Cl)cc2)C1. The number of benzene rings is 2. The minimum absolute atomic E-state index is 0.0749. The monoisotopic (exact) mass is 482 g/mol. The maximum Gasteiger partial charge on any atom is 0.183 e. The summed E-state index contributed by atoms with van der Waals surface area (Å²) in [4.78, 5) is 2.49. The highest BCUT2D eigenvalue weighted by Crippen LogP contribution is 2.29. The number of halogens is 1. The number of nitrogens with zero attached hydrogens (tertiary/aromatic N) is 1. The molecule has 0 bridgehead atoms. The lowest BCUT2D eigenvalue weighted by Gasteiger charge is -2.30. The second-order valence-electron chi connectivity index (χ2n) is 8.30. The lowest BCUT2D eigenvalue weighted by Crippen LogP contribution is -2.46. The van der Waals surface area contributed by atoms with Crippen LogP contribution in [0.5, 0.6) is 0 Å². The first kappa shape index (κ1) is 22.7. The molecule has 4 rings (SSSR count). The van der Waals surface area contributed by atoms with Crippen molar-refractivity contribution in [3.8, 4) is 0 Å². The van der Waals surface area contributed by atoms with Gasteiger partial charge in [-0.1, -0.05) is 41.9 Å². The van der Waals surface area contributed by atoms with E-state index in [4.69, 9.17) is 11.6 Å². The zero-order valence-corrected chi connectivity index (χ0v) is 19.5. The summed E-state index contributed by atoms with van der Waals surface area (Å²) < 4.78 is 51.4. The maximum atomic E-state index is 13.3. The Balaban J connectivity index is 1.57. The van der Waals surface area contributed by atoms with Gasteiger partial charge in [0.25, 0.3) is 0 Å². The number of sulfone groups is 2. The van der Waals surface area contributed by atoms with Crippen LogP contribution in [0.4, 0.5) is 0 Å². The number of hydrogen-bond acceptors (Lipinski definition) is 6. The molecule has 1 unspecified atom stereocenters. The Bertz CT molecular complexity index is 1100. The fourth-order valence-electron chi connectivity index (χ4n) is 4.56. The van der Waals surface area contributed by atoms with E-state index in [1.807, 2.05) is 18.2 Å². The van der Waals surface area contributed by atoms with Crippen LogP contribution in [0.25, 0.3) is 0 Å². The standard InChI is InChI=1S/C22H27ClN2O4S2/c23-18-8-10-19(11-9-18)31(28,29)22-16-30(26,27)15-20(22)24-14-21(25-12-4-5-13-25)17-6-2-1-3-7-17/h1-3,6-11,20-22,24H,4-5,12-16H2/t20-,21?,22-/m0/s1. The molecule has 0 aromatic heterocycles. The highest BCUT2D eigenvalue weighted by Gasteiger charge is 2.46. The van der Waals surface area contributed by atoms with Crippen LogP contribution in [0.3, 0.4) is 0 Å². The van der Waals surface area contributed by atoms with E-state index >= 15 is 0 Å². The first-order chi connectivity index (χ1) is 14.8. The van der Waals surface area contributed by atoms with Gasteiger partial charge in [-0.15, -0.1) is 0 Å². The highest BCUT2D eigenvalue weighted by atomic mass is 35.5. The zero-order chi connectivity index (χ0) is 22.1. The summed E-state index contributed by atoms with van der Waals surface area (Å²) in [6.45, 7) is 2.46. The van der Waals surface area contributed by atoms with Gasteiger partial charge in [-0.3, -0.25) is 4.90 Å². The maximum absolute atomic E-state index is 13.3. The van der Waals surface area contributed by atoms with Crippen molar-refractivity contribution in [2.45, 2.75) is 35.1 Å². The van der Waals surface area contributed by atoms with Crippen molar-refractivity contribution in [3.05, 3.63) is 65.2 Å². The Morgan fingerprint density at radius 3 is 2.29 bits per heavy atom. The van der Waals surface area contributed by atoms with E-state index in [1.54, 1.807) is 0 Å². The molecule has 2 saturated heterocycles. The Kier molecular flexibility index (Phi) is 6.74. The predicted octanol–water partition coefficient (Wildman–Crippen LogP) is 2.71. The summed E-state index contributed by atoms with van der Waals surface area (Å²) >= 11 is 5.89. The third-order valence-corrected chi connectivity index (χ3v) is 10.6. The van der Waals surface area contributed by atoms with Crippen LogP contribution in [0.15, 0.2) is 59.5 Å². The summed E-state index contributed by atoms with van der Waals surface area (Å²) in [5, 5.41) is 2.74. The molecule has 2 fully saturated rings. The van der Waals surface area contributed by atoms with Gasteiger partial charge in [0, 0.05) is 23.7 Å². The summed E-state index contributed by atoms with van der Waals surface area (Å²) in [6, 6.07) is 15.4. The molecule has 31 heavy (non-hydrogen) atoms. The van der Waals surface area contributed by atoms with E-state index in [9.17, 15) is 16.8 Å². The van der Waals surface area contributed by atoms with Gasteiger partial charge in [-0.05, 0) is 55.8 Å². The van der Waals surface area contributed by atoms with E-state index in [0.29, 0.717) is 11.6 Å².